The van der Waals surface area contributed by atoms with E-state index in [4.69, 9.17) is 9.53 Å². The van der Waals surface area contributed by atoms with Gasteiger partial charge in [0.05, 0.1) is 24.2 Å². The molecule has 0 radical (unpaired) electrons. The van der Waals surface area contributed by atoms with E-state index in [1.807, 2.05) is 6.79 Å². The van der Waals surface area contributed by atoms with Gasteiger partial charge in [0.15, 0.2) is 5.75 Å². The van der Waals surface area contributed by atoms with Crippen LogP contribution >= 0.6 is 0 Å². The number of alkyl halides is 3. The van der Waals surface area contributed by atoms with Crippen molar-refractivity contribution in [3.05, 3.63) is 64.2 Å². The molecule has 36 heavy (non-hydrogen) atoms. The molecular weight excluding hydrogens is 487 g/mol. The molecule has 0 bridgehead atoms. The summed E-state index contributed by atoms with van der Waals surface area (Å²) in [6, 6.07) is 3.20. The maximum absolute atomic E-state index is 14.8. The molecule has 3 aromatic rings. The third kappa shape index (κ3) is 4.38. The van der Waals surface area contributed by atoms with E-state index in [0.717, 1.165) is 18.2 Å². The number of benzene rings is 2. The highest BCUT2D eigenvalue weighted by molar-refractivity contribution is 6.00. The molecule has 1 saturated heterocycles. The number of hydrogen-bond donors (Lipinski definition) is 1. The number of ether oxygens (including phenoxy) is 1. The van der Waals surface area contributed by atoms with E-state index in [-0.39, 0.29) is 42.2 Å². The summed E-state index contributed by atoms with van der Waals surface area (Å²) in [7, 11) is 0. The molecule has 2 aliphatic heterocycles. The fourth-order valence-electron chi connectivity index (χ4n) is 4.48. The number of carbonyl (C=O) groups excluding carboxylic acids is 1. The minimum Gasteiger partial charge on any atom is -0.491 e. The highest BCUT2D eigenvalue weighted by atomic mass is 19.4. The maximum atomic E-state index is 14.8. The lowest BCUT2D eigenvalue weighted by Gasteiger charge is -2.31. The van der Waals surface area contributed by atoms with E-state index in [1.54, 1.807) is 4.90 Å². The predicted octanol–water partition coefficient (Wildman–Crippen LogP) is 3.88. The summed E-state index contributed by atoms with van der Waals surface area (Å²) < 4.78 is 78.4. The van der Waals surface area contributed by atoms with E-state index in [0.29, 0.717) is 31.3 Å². The first kappa shape index (κ1) is 25.1. The van der Waals surface area contributed by atoms with Gasteiger partial charge in [0.1, 0.15) is 24.2 Å². The lowest BCUT2D eigenvalue weighted by molar-refractivity contribution is -0.137. The number of carbonyl (C=O) groups is 1. The second-order valence-corrected chi connectivity index (χ2v) is 8.17. The Hall–Kier alpha value is -3.96. The first-order chi connectivity index (χ1) is 17.1. The van der Waals surface area contributed by atoms with Gasteiger partial charge in [-0.15, -0.1) is 0 Å². The summed E-state index contributed by atoms with van der Waals surface area (Å²) in [6.07, 6.45) is -4.57. The second kappa shape index (κ2) is 9.59. The van der Waals surface area contributed by atoms with Gasteiger partial charge in [0.25, 0.3) is 0 Å². The van der Waals surface area contributed by atoms with Crippen LogP contribution in [-0.2, 0) is 17.5 Å². The first-order valence-electron chi connectivity index (χ1n) is 10.9. The zero-order valence-corrected chi connectivity index (χ0v) is 18.9. The number of aryl methyl sites for hydroxylation is 1. The van der Waals surface area contributed by atoms with Crippen LogP contribution in [0.3, 0.4) is 0 Å². The van der Waals surface area contributed by atoms with E-state index in [2.05, 4.69) is 16.9 Å². The SMILES string of the molecule is C=C1CN(c2nc(=O)n3c4c(c(-c5ccc(F)cc5F)c(C(F)(F)F)cc24)OCCC3)CCN1.C=O. The highest BCUT2D eigenvalue weighted by Gasteiger charge is 2.39. The molecule has 0 amide bonds. The fraction of sp³-hybridized carbons (Fsp3) is 0.292. The van der Waals surface area contributed by atoms with Crippen LogP contribution in [0, 0.1) is 11.6 Å². The number of aromatic nitrogens is 2. The first-order valence-corrected chi connectivity index (χ1v) is 10.9. The lowest BCUT2D eigenvalue weighted by atomic mass is 9.94. The fourth-order valence-corrected chi connectivity index (χ4v) is 4.48. The number of rotatable bonds is 2. The molecule has 5 rings (SSSR count). The van der Waals surface area contributed by atoms with E-state index in [9.17, 15) is 26.7 Å². The van der Waals surface area contributed by atoms with Gasteiger partial charge < -0.3 is 19.7 Å². The maximum Gasteiger partial charge on any atom is 0.417 e. The average Bonchev–Trinajstić information content (AvgIpc) is 3.06. The van der Waals surface area contributed by atoms with Crippen LogP contribution in [0.4, 0.5) is 27.8 Å². The molecule has 0 aliphatic carbocycles. The summed E-state index contributed by atoms with van der Waals surface area (Å²) in [5.41, 5.74) is -2.13. The third-order valence-electron chi connectivity index (χ3n) is 5.91. The standard InChI is InChI=1S/C23H19F5N4O2.CH2O/c1-12-11-31(7-5-29-12)21-15-10-16(23(26,27)28)18(14-4-3-13(24)9-17(14)25)20-19(15)32(22(33)30-21)6-2-8-34-20;1-2/h3-4,9-10,29H,1-2,5-8,11H2;1H2. The summed E-state index contributed by atoms with van der Waals surface area (Å²) in [4.78, 5) is 26.8. The van der Waals surface area contributed by atoms with Crippen molar-refractivity contribution in [3.63, 3.8) is 0 Å². The van der Waals surface area contributed by atoms with Crippen molar-refractivity contribution in [2.24, 2.45) is 0 Å². The van der Waals surface area contributed by atoms with Crippen molar-refractivity contribution in [2.75, 3.05) is 31.1 Å². The Bertz CT molecular complexity index is 1400. The Kier molecular flexibility index (Phi) is 6.70. The number of nitrogens with one attached hydrogen (secondary N) is 1. The molecule has 12 heteroatoms. The Labute approximate surface area is 201 Å². The summed E-state index contributed by atoms with van der Waals surface area (Å²) in [5.74, 6) is -2.30. The van der Waals surface area contributed by atoms with Crippen LogP contribution in [0.2, 0.25) is 0 Å². The van der Waals surface area contributed by atoms with Crippen molar-refractivity contribution in [1.29, 1.82) is 0 Å². The number of hydrogen-bond acceptors (Lipinski definition) is 6. The van der Waals surface area contributed by atoms with Crippen LogP contribution in [0.25, 0.3) is 22.0 Å². The zero-order valence-electron chi connectivity index (χ0n) is 18.9. The van der Waals surface area contributed by atoms with E-state index in [1.165, 1.54) is 4.57 Å². The van der Waals surface area contributed by atoms with Crippen LogP contribution in [0.1, 0.15) is 12.0 Å². The molecular formula is C24H21F5N4O3. The van der Waals surface area contributed by atoms with Crippen LogP contribution in [-0.4, -0.2) is 42.6 Å². The average molecular weight is 508 g/mol. The zero-order chi connectivity index (χ0) is 26.2. The van der Waals surface area contributed by atoms with Gasteiger partial charge >= 0.3 is 11.9 Å². The van der Waals surface area contributed by atoms with Crippen molar-refractivity contribution >= 4 is 23.5 Å². The lowest BCUT2D eigenvalue weighted by Crippen LogP contribution is -2.43. The molecule has 1 N–H and O–H groups in total. The number of piperazine rings is 1. The van der Waals surface area contributed by atoms with Gasteiger partial charge in [-0.2, -0.15) is 18.2 Å². The smallest absolute Gasteiger partial charge is 0.417 e. The van der Waals surface area contributed by atoms with Crippen molar-refractivity contribution in [1.82, 2.24) is 14.9 Å². The molecule has 0 unspecified atom stereocenters. The minimum absolute atomic E-state index is 0.00706. The van der Waals surface area contributed by atoms with Crippen LogP contribution < -0.4 is 20.6 Å². The summed E-state index contributed by atoms with van der Waals surface area (Å²) >= 11 is 0. The Balaban J connectivity index is 0.00000148. The molecule has 190 valence electrons. The molecule has 0 spiro atoms. The predicted molar refractivity (Wildman–Crippen MR) is 123 cm³/mol. The largest absolute Gasteiger partial charge is 0.491 e. The number of anilines is 1. The third-order valence-corrected chi connectivity index (χ3v) is 5.91. The monoisotopic (exact) mass is 508 g/mol. The highest BCUT2D eigenvalue weighted by Crippen LogP contribution is 2.48. The second-order valence-electron chi connectivity index (χ2n) is 8.17. The van der Waals surface area contributed by atoms with Gasteiger partial charge in [0.2, 0.25) is 0 Å². The Morgan fingerprint density at radius 2 is 1.86 bits per heavy atom. The van der Waals surface area contributed by atoms with Gasteiger partial charge in [-0.1, -0.05) is 6.58 Å². The van der Waals surface area contributed by atoms with Gasteiger partial charge in [0, 0.05) is 47.9 Å². The van der Waals surface area contributed by atoms with Gasteiger partial charge in [-0.3, -0.25) is 4.57 Å². The summed E-state index contributed by atoms with van der Waals surface area (Å²) in [5, 5.41) is 3.11. The number of halogens is 5. The molecule has 3 heterocycles. The van der Waals surface area contributed by atoms with E-state index < -0.39 is 40.2 Å². The van der Waals surface area contributed by atoms with Gasteiger partial charge in [-0.25, -0.2) is 13.6 Å². The van der Waals surface area contributed by atoms with Crippen LogP contribution in [0.15, 0.2) is 41.3 Å². The normalized spacial score (nSPS) is 15.5. The quantitative estimate of drug-likeness (QED) is 0.530. The molecule has 2 aliphatic rings. The molecule has 0 atom stereocenters. The van der Waals surface area contributed by atoms with Gasteiger partial charge in [-0.05, 0) is 24.6 Å². The minimum atomic E-state index is -4.90. The number of nitrogens with zero attached hydrogens (tertiary/aromatic N) is 3. The summed E-state index contributed by atoms with van der Waals surface area (Å²) in [6.45, 7) is 7.14. The molecule has 1 aromatic heterocycles. The molecule has 2 aromatic carbocycles. The van der Waals surface area contributed by atoms with Crippen molar-refractivity contribution < 1.29 is 31.5 Å². The molecule has 7 nitrogen and oxygen atoms in total. The molecule has 0 saturated carbocycles. The van der Waals surface area contributed by atoms with Crippen molar-refractivity contribution in [3.8, 4) is 16.9 Å². The van der Waals surface area contributed by atoms with E-state index >= 15 is 0 Å². The van der Waals surface area contributed by atoms with Crippen molar-refractivity contribution in [2.45, 2.75) is 19.1 Å². The Morgan fingerprint density at radius 3 is 2.53 bits per heavy atom. The topological polar surface area (TPSA) is 76.5 Å². The molecule has 1 fully saturated rings. The Morgan fingerprint density at radius 1 is 1.11 bits per heavy atom. The van der Waals surface area contributed by atoms with Crippen LogP contribution in [0.5, 0.6) is 5.75 Å².